The predicted molar refractivity (Wildman–Crippen MR) is 92.8 cm³/mol. The highest BCUT2D eigenvalue weighted by Gasteiger charge is 2.34. The first-order chi connectivity index (χ1) is 11.0. The van der Waals surface area contributed by atoms with Crippen molar-refractivity contribution in [3.8, 4) is 0 Å². The molecule has 0 aliphatic carbocycles. The fourth-order valence-electron chi connectivity index (χ4n) is 2.43. The average Bonchev–Trinajstić information content (AvgIpc) is 2.88. The summed E-state index contributed by atoms with van der Waals surface area (Å²) >= 11 is 5.17. The van der Waals surface area contributed by atoms with Gasteiger partial charge in [0.15, 0.2) is 5.11 Å². The summed E-state index contributed by atoms with van der Waals surface area (Å²) in [5.74, 6) is -0.907. The van der Waals surface area contributed by atoms with Gasteiger partial charge in [0.25, 0.3) is 11.8 Å². The van der Waals surface area contributed by atoms with E-state index in [2.05, 4.69) is 5.32 Å². The summed E-state index contributed by atoms with van der Waals surface area (Å²) < 4.78 is 1.83. The molecule has 3 rings (SSSR count). The van der Waals surface area contributed by atoms with Crippen molar-refractivity contribution in [3.05, 3.63) is 59.4 Å². The largest absolute Gasteiger partial charge is 0.351 e. The molecule has 0 unspecified atom stereocenters. The number of aryl methyl sites for hydroxylation is 2. The van der Waals surface area contributed by atoms with Crippen LogP contribution in [0.3, 0.4) is 0 Å². The van der Waals surface area contributed by atoms with Gasteiger partial charge in [-0.3, -0.25) is 19.8 Å². The zero-order chi connectivity index (χ0) is 16.6. The van der Waals surface area contributed by atoms with Gasteiger partial charge in [0.05, 0.1) is 5.69 Å². The Labute approximate surface area is 139 Å². The van der Waals surface area contributed by atoms with Gasteiger partial charge in [-0.25, -0.2) is 0 Å². The molecule has 0 atom stereocenters. The van der Waals surface area contributed by atoms with Crippen LogP contribution >= 0.6 is 12.2 Å². The first-order valence-electron chi connectivity index (χ1n) is 7.07. The van der Waals surface area contributed by atoms with E-state index in [-0.39, 0.29) is 10.7 Å². The quantitative estimate of drug-likeness (QED) is 0.523. The van der Waals surface area contributed by atoms with Gasteiger partial charge >= 0.3 is 0 Å². The molecule has 0 saturated carbocycles. The maximum Gasteiger partial charge on any atom is 0.270 e. The third kappa shape index (κ3) is 2.80. The second-order valence-corrected chi connectivity index (χ2v) is 5.73. The molecule has 6 heteroatoms. The lowest BCUT2D eigenvalue weighted by Crippen LogP contribution is -2.54. The zero-order valence-corrected chi connectivity index (χ0v) is 13.6. The SMILES string of the molecule is Cc1cccc(N2C(=O)/C(=C\c3cccn3C)C(=O)NC2=S)c1. The van der Waals surface area contributed by atoms with Crippen LogP contribution in [0.4, 0.5) is 5.69 Å². The lowest BCUT2D eigenvalue weighted by molar-refractivity contribution is -0.122. The standard InChI is InChI=1S/C17H15N3O2S/c1-11-5-3-6-13(9-11)20-16(22)14(15(21)18-17(20)23)10-12-7-4-8-19(12)2/h3-10H,1-2H3,(H,18,21,23)/b14-10-. The van der Waals surface area contributed by atoms with E-state index >= 15 is 0 Å². The molecule has 1 aromatic heterocycles. The second-order valence-electron chi connectivity index (χ2n) is 5.34. The number of aromatic nitrogens is 1. The Bertz CT molecular complexity index is 851. The minimum Gasteiger partial charge on any atom is -0.351 e. The molecule has 0 radical (unpaired) electrons. The van der Waals surface area contributed by atoms with E-state index in [1.54, 1.807) is 12.1 Å². The highest BCUT2D eigenvalue weighted by molar-refractivity contribution is 7.80. The van der Waals surface area contributed by atoms with Crippen LogP contribution in [0.25, 0.3) is 6.08 Å². The van der Waals surface area contributed by atoms with E-state index in [0.29, 0.717) is 5.69 Å². The summed E-state index contributed by atoms with van der Waals surface area (Å²) in [6, 6.07) is 11.1. The van der Waals surface area contributed by atoms with Crippen molar-refractivity contribution in [1.29, 1.82) is 0 Å². The fourth-order valence-corrected chi connectivity index (χ4v) is 2.71. The molecule has 1 fully saturated rings. The first kappa shape index (κ1) is 15.2. The second kappa shape index (κ2) is 5.81. The molecular formula is C17H15N3O2S. The van der Waals surface area contributed by atoms with Gasteiger partial charge in [-0.15, -0.1) is 0 Å². The van der Waals surface area contributed by atoms with E-state index in [0.717, 1.165) is 11.3 Å². The minimum atomic E-state index is -0.481. The van der Waals surface area contributed by atoms with Crippen LogP contribution in [0.2, 0.25) is 0 Å². The molecule has 1 aliphatic rings. The van der Waals surface area contributed by atoms with Gasteiger partial charge < -0.3 is 4.57 Å². The molecule has 116 valence electrons. The lowest BCUT2D eigenvalue weighted by Gasteiger charge is -2.29. The summed E-state index contributed by atoms with van der Waals surface area (Å²) in [5, 5.41) is 2.67. The average molecular weight is 325 g/mol. The van der Waals surface area contributed by atoms with Crippen molar-refractivity contribution in [2.45, 2.75) is 6.92 Å². The molecule has 0 bridgehead atoms. The van der Waals surface area contributed by atoms with E-state index in [9.17, 15) is 9.59 Å². The van der Waals surface area contributed by atoms with E-state index < -0.39 is 11.8 Å². The molecule has 1 saturated heterocycles. The van der Waals surface area contributed by atoms with Gasteiger partial charge in [-0.2, -0.15) is 0 Å². The predicted octanol–water partition coefficient (Wildman–Crippen LogP) is 2.16. The Hall–Kier alpha value is -2.73. The number of amides is 2. The number of nitrogens with zero attached hydrogens (tertiary/aromatic N) is 2. The summed E-state index contributed by atoms with van der Waals surface area (Å²) in [5.41, 5.74) is 2.46. The van der Waals surface area contributed by atoms with Gasteiger partial charge in [0, 0.05) is 18.9 Å². The Morgan fingerprint density at radius 3 is 2.61 bits per heavy atom. The Balaban J connectivity index is 2.04. The smallest absolute Gasteiger partial charge is 0.270 e. The van der Waals surface area contributed by atoms with Crippen LogP contribution in [-0.4, -0.2) is 21.5 Å². The summed E-state index contributed by atoms with van der Waals surface area (Å²) in [7, 11) is 1.85. The molecule has 1 aromatic carbocycles. The van der Waals surface area contributed by atoms with Crippen molar-refractivity contribution in [2.75, 3.05) is 4.90 Å². The van der Waals surface area contributed by atoms with Crippen LogP contribution in [0.1, 0.15) is 11.3 Å². The lowest BCUT2D eigenvalue weighted by atomic mass is 10.1. The van der Waals surface area contributed by atoms with Gasteiger partial charge in [-0.1, -0.05) is 12.1 Å². The summed E-state index contributed by atoms with van der Waals surface area (Å²) in [4.78, 5) is 26.3. The van der Waals surface area contributed by atoms with E-state index in [1.807, 2.05) is 55.1 Å². The summed E-state index contributed by atoms with van der Waals surface area (Å²) in [6.45, 7) is 1.93. The van der Waals surface area contributed by atoms with Crippen LogP contribution < -0.4 is 10.2 Å². The number of carbonyl (C=O) groups excluding carboxylic acids is 2. The van der Waals surface area contributed by atoms with Gasteiger partial charge in [0.2, 0.25) is 0 Å². The van der Waals surface area contributed by atoms with Crippen LogP contribution in [-0.2, 0) is 16.6 Å². The van der Waals surface area contributed by atoms with Crippen LogP contribution in [0.5, 0.6) is 0 Å². The third-order valence-corrected chi connectivity index (χ3v) is 3.92. The highest BCUT2D eigenvalue weighted by atomic mass is 32.1. The number of nitrogens with one attached hydrogen (secondary N) is 1. The molecule has 1 N–H and O–H groups in total. The van der Waals surface area contributed by atoms with Crippen molar-refractivity contribution >= 4 is 40.9 Å². The monoisotopic (exact) mass is 325 g/mol. The van der Waals surface area contributed by atoms with Gasteiger partial charge in [0.1, 0.15) is 5.57 Å². The molecule has 2 aromatic rings. The van der Waals surface area contributed by atoms with Crippen molar-refractivity contribution in [2.24, 2.45) is 7.05 Å². The Morgan fingerprint density at radius 2 is 1.96 bits per heavy atom. The molecule has 1 aliphatic heterocycles. The van der Waals surface area contributed by atoms with E-state index in [4.69, 9.17) is 12.2 Å². The maximum atomic E-state index is 12.8. The number of thiocarbonyl (C=S) groups is 1. The molecule has 2 amide bonds. The molecular weight excluding hydrogens is 310 g/mol. The minimum absolute atomic E-state index is 0.0573. The number of hydrogen-bond donors (Lipinski definition) is 1. The number of rotatable bonds is 2. The number of anilines is 1. The zero-order valence-electron chi connectivity index (χ0n) is 12.7. The number of hydrogen-bond acceptors (Lipinski definition) is 3. The highest BCUT2D eigenvalue weighted by Crippen LogP contribution is 2.22. The summed E-state index contributed by atoms with van der Waals surface area (Å²) in [6.07, 6.45) is 3.42. The molecule has 2 heterocycles. The molecule has 0 spiro atoms. The van der Waals surface area contributed by atoms with Crippen LogP contribution in [0.15, 0.2) is 48.2 Å². The van der Waals surface area contributed by atoms with Crippen LogP contribution in [0, 0.1) is 6.92 Å². The fraction of sp³-hybridized carbons (Fsp3) is 0.118. The molecule has 23 heavy (non-hydrogen) atoms. The Kier molecular flexibility index (Phi) is 3.83. The number of carbonyl (C=O) groups is 2. The maximum absolute atomic E-state index is 12.8. The van der Waals surface area contributed by atoms with Crippen molar-refractivity contribution in [1.82, 2.24) is 9.88 Å². The first-order valence-corrected chi connectivity index (χ1v) is 7.47. The molecule has 5 nitrogen and oxygen atoms in total. The number of benzene rings is 1. The van der Waals surface area contributed by atoms with Crippen molar-refractivity contribution in [3.63, 3.8) is 0 Å². The Morgan fingerprint density at radius 1 is 1.17 bits per heavy atom. The van der Waals surface area contributed by atoms with Gasteiger partial charge in [-0.05, 0) is 55.0 Å². The normalized spacial score (nSPS) is 16.9. The topological polar surface area (TPSA) is 54.3 Å². The van der Waals surface area contributed by atoms with Crippen molar-refractivity contribution < 1.29 is 9.59 Å². The van der Waals surface area contributed by atoms with E-state index in [1.165, 1.54) is 4.90 Å². The third-order valence-electron chi connectivity index (χ3n) is 3.64.